The van der Waals surface area contributed by atoms with Crippen LogP contribution in [0.2, 0.25) is 0 Å². The van der Waals surface area contributed by atoms with Crippen molar-refractivity contribution < 1.29 is 19.4 Å². The van der Waals surface area contributed by atoms with Gasteiger partial charge >= 0.3 is 5.97 Å². The van der Waals surface area contributed by atoms with Gasteiger partial charge in [-0.25, -0.2) is 4.79 Å². The summed E-state index contributed by atoms with van der Waals surface area (Å²) in [5.74, 6) is 5.74. The molecule has 0 saturated carbocycles. The van der Waals surface area contributed by atoms with Gasteiger partial charge in [0.1, 0.15) is 12.4 Å². The van der Waals surface area contributed by atoms with E-state index >= 15 is 0 Å². The van der Waals surface area contributed by atoms with E-state index < -0.39 is 12.1 Å². The van der Waals surface area contributed by atoms with Gasteiger partial charge in [-0.05, 0) is 70.9 Å². The number of carbonyl (C=O) groups is 1. The summed E-state index contributed by atoms with van der Waals surface area (Å²) in [6, 6.07) is 11.3. The molecule has 2 aromatic rings. The van der Waals surface area contributed by atoms with Crippen molar-refractivity contribution in [2.45, 2.75) is 19.4 Å². The number of rotatable bonds is 8. The summed E-state index contributed by atoms with van der Waals surface area (Å²) in [6.45, 7) is 2.50. The Labute approximate surface area is 195 Å². The molecule has 0 saturated heterocycles. The Morgan fingerprint density at radius 1 is 1.17 bits per heavy atom. The topological polar surface area (TPSA) is 55.8 Å². The molecule has 0 unspecified atom stereocenters. The van der Waals surface area contributed by atoms with Crippen LogP contribution < -0.4 is 4.74 Å². The quantitative estimate of drug-likeness (QED) is 0.386. The zero-order valence-corrected chi connectivity index (χ0v) is 20.4. The van der Waals surface area contributed by atoms with Gasteiger partial charge in [-0.3, -0.25) is 0 Å². The van der Waals surface area contributed by atoms with E-state index in [1.165, 1.54) is 0 Å². The molecule has 1 N–H and O–H groups in total. The van der Waals surface area contributed by atoms with Crippen LogP contribution in [0.1, 0.15) is 18.1 Å². The van der Waals surface area contributed by atoms with E-state index in [4.69, 9.17) is 9.47 Å². The number of aliphatic carboxylic acids is 1. The maximum atomic E-state index is 11.2. The molecule has 0 radical (unpaired) electrons. The number of allylic oxidation sites excluding steroid dienone is 1. The summed E-state index contributed by atoms with van der Waals surface area (Å²) in [4.78, 5) is 11.2. The maximum absolute atomic E-state index is 11.2. The number of benzene rings is 2. The smallest absolute Gasteiger partial charge is 0.333 e. The van der Waals surface area contributed by atoms with Crippen LogP contribution in [0.4, 0.5) is 0 Å². The van der Waals surface area contributed by atoms with Crippen molar-refractivity contribution in [1.82, 2.24) is 0 Å². The second-order valence-electron chi connectivity index (χ2n) is 5.89. The minimum atomic E-state index is -0.968. The lowest BCUT2D eigenvalue weighted by Crippen LogP contribution is -2.26. The molecule has 29 heavy (non-hydrogen) atoms. The Morgan fingerprint density at radius 3 is 2.52 bits per heavy atom. The fourth-order valence-electron chi connectivity index (χ4n) is 2.42. The lowest BCUT2D eigenvalue weighted by atomic mass is 10.1. The first-order valence-corrected chi connectivity index (χ1v) is 11.1. The molecule has 1 atom stereocenters. The van der Waals surface area contributed by atoms with Gasteiger partial charge in [0.15, 0.2) is 6.10 Å². The van der Waals surface area contributed by atoms with Crippen LogP contribution in [0.5, 0.6) is 5.75 Å². The zero-order valence-electron chi connectivity index (χ0n) is 15.6. The lowest BCUT2D eigenvalue weighted by Gasteiger charge is -2.13. The average Bonchev–Trinajstić information content (AvgIpc) is 2.64. The van der Waals surface area contributed by atoms with Gasteiger partial charge < -0.3 is 14.6 Å². The number of carboxylic acid groups (broad SMARTS) is 1. The molecule has 0 aliphatic carbocycles. The molecule has 0 amide bonds. The number of halogens is 3. The molecule has 0 aliphatic rings. The molecule has 2 aromatic carbocycles. The van der Waals surface area contributed by atoms with E-state index in [0.29, 0.717) is 25.4 Å². The van der Waals surface area contributed by atoms with E-state index in [-0.39, 0.29) is 0 Å². The second kappa shape index (κ2) is 12.2. The van der Waals surface area contributed by atoms with E-state index in [1.54, 1.807) is 13.0 Å². The first-order valence-electron chi connectivity index (χ1n) is 8.77. The molecule has 0 spiro atoms. The number of hydrogen-bond donors (Lipinski definition) is 1. The standard InChI is InChI=1S/C22H19Br3O4/c1-2-28-21(22(26)27)13-16-7-8-20(19(25)12-16)29-9-5-3-4-6-15-10-17(23)14-18(24)11-15/h3,5,7-8,10-12,14,21H,2,9,13H2,1H3,(H,26,27)/b5-3+/t21-/m0/s1. The average molecular weight is 587 g/mol. The van der Waals surface area contributed by atoms with Crippen LogP contribution in [0.3, 0.4) is 0 Å². The maximum Gasteiger partial charge on any atom is 0.333 e. The van der Waals surface area contributed by atoms with Gasteiger partial charge in [0.05, 0.1) is 4.47 Å². The lowest BCUT2D eigenvalue weighted by molar-refractivity contribution is -0.149. The molecule has 0 heterocycles. The van der Waals surface area contributed by atoms with Crippen molar-refractivity contribution in [3.63, 3.8) is 0 Å². The third-order valence-electron chi connectivity index (χ3n) is 3.68. The first kappa shape index (κ1) is 23.7. The zero-order chi connectivity index (χ0) is 21.2. The SMILES string of the molecule is CCO[C@@H](Cc1ccc(OC/C=C/C#Cc2cc(Br)cc(Br)c2)c(Br)c1)C(=O)O. The highest BCUT2D eigenvalue weighted by molar-refractivity contribution is 9.11. The molecule has 152 valence electrons. The molecule has 0 aromatic heterocycles. The monoisotopic (exact) mass is 584 g/mol. The predicted molar refractivity (Wildman–Crippen MR) is 124 cm³/mol. The Morgan fingerprint density at radius 2 is 1.90 bits per heavy atom. The van der Waals surface area contributed by atoms with Crippen LogP contribution in [0.25, 0.3) is 0 Å². The first-order chi connectivity index (χ1) is 13.9. The Hall–Kier alpha value is -1.59. The third-order valence-corrected chi connectivity index (χ3v) is 5.21. The summed E-state index contributed by atoms with van der Waals surface area (Å²) < 4.78 is 13.7. The Balaban J connectivity index is 1.90. The van der Waals surface area contributed by atoms with Crippen molar-refractivity contribution in [2.24, 2.45) is 0 Å². The minimum Gasteiger partial charge on any atom is -0.488 e. The second-order valence-corrected chi connectivity index (χ2v) is 8.58. The molecular formula is C22H19Br3O4. The van der Waals surface area contributed by atoms with E-state index in [9.17, 15) is 9.90 Å². The van der Waals surface area contributed by atoms with Crippen LogP contribution in [0, 0.1) is 11.8 Å². The molecule has 7 heteroatoms. The highest BCUT2D eigenvalue weighted by Gasteiger charge is 2.18. The number of ether oxygens (including phenoxy) is 2. The van der Waals surface area contributed by atoms with Crippen molar-refractivity contribution >= 4 is 53.8 Å². The fraction of sp³-hybridized carbons (Fsp3) is 0.227. The van der Waals surface area contributed by atoms with Crippen LogP contribution in [-0.2, 0) is 16.0 Å². The summed E-state index contributed by atoms with van der Waals surface area (Å²) in [5.41, 5.74) is 1.76. The van der Waals surface area contributed by atoms with E-state index in [1.807, 2.05) is 42.5 Å². The van der Waals surface area contributed by atoms with Crippen LogP contribution >= 0.6 is 47.8 Å². The summed E-state index contributed by atoms with van der Waals surface area (Å²) in [5, 5.41) is 9.19. The molecule has 2 rings (SSSR count). The van der Waals surface area contributed by atoms with Gasteiger partial charge in [-0.2, -0.15) is 0 Å². The van der Waals surface area contributed by atoms with Gasteiger partial charge in [0, 0.05) is 27.5 Å². The Bertz CT molecular complexity index is 925. The van der Waals surface area contributed by atoms with Crippen molar-refractivity contribution in [2.75, 3.05) is 13.2 Å². The molecular weight excluding hydrogens is 568 g/mol. The summed E-state index contributed by atoms with van der Waals surface area (Å²) >= 11 is 10.3. The highest BCUT2D eigenvalue weighted by atomic mass is 79.9. The van der Waals surface area contributed by atoms with Gasteiger partial charge in [-0.1, -0.05) is 49.8 Å². The summed E-state index contributed by atoms with van der Waals surface area (Å²) in [7, 11) is 0. The van der Waals surface area contributed by atoms with Gasteiger partial charge in [0.25, 0.3) is 0 Å². The fourth-order valence-corrected chi connectivity index (χ4v) is 4.25. The van der Waals surface area contributed by atoms with E-state index in [0.717, 1.165) is 24.5 Å². The highest BCUT2D eigenvalue weighted by Crippen LogP contribution is 2.27. The van der Waals surface area contributed by atoms with E-state index in [2.05, 4.69) is 59.6 Å². The minimum absolute atomic E-state index is 0.295. The van der Waals surface area contributed by atoms with Crippen molar-refractivity contribution in [3.8, 4) is 17.6 Å². The van der Waals surface area contributed by atoms with Gasteiger partial charge in [0.2, 0.25) is 0 Å². The number of hydrogen-bond acceptors (Lipinski definition) is 3. The van der Waals surface area contributed by atoms with Gasteiger partial charge in [-0.15, -0.1) is 0 Å². The normalized spacial score (nSPS) is 11.7. The summed E-state index contributed by atoms with van der Waals surface area (Å²) in [6.07, 6.45) is 3.02. The molecule has 0 bridgehead atoms. The molecule has 0 fully saturated rings. The van der Waals surface area contributed by atoms with Crippen LogP contribution in [0.15, 0.2) is 62.0 Å². The molecule has 4 nitrogen and oxygen atoms in total. The number of carboxylic acids is 1. The van der Waals surface area contributed by atoms with Crippen molar-refractivity contribution in [3.05, 3.63) is 73.1 Å². The predicted octanol–water partition coefficient (Wildman–Crippen LogP) is 5.99. The third kappa shape index (κ3) is 8.35. The van der Waals surface area contributed by atoms with Crippen molar-refractivity contribution in [1.29, 1.82) is 0 Å². The van der Waals surface area contributed by atoms with Crippen LogP contribution in [-0.4, -0.2) is 30.4 Å². The molecule has 0 aliphatic heterocycles. The Kier molecular flexibility index (Phi) is 9.95. The largest absolute Gasteiger partial charge is 0.488 e.